The van der Waals surface area contributed by atoms with Crippen LogP contribution in [-0.4, -0.2) is 51.3 Å². The van der Waals surface area contributed by atoms with Gasteiger partial charge in [-0.2, -0.15) is 0 Å². The quantitative estimate of drug-likeness (QED) is 0.657. The van der Waals surface area contributed by atoms with E-state index < -0.39 is 24.2 Å². The van der Waals surface area contributed by atoms with Crippen molar-refractivity contribution in [2.45, 2.75) is 76.7 Å². The molecule has 1 aliphatic heterocycles. The highest BCUT2D eigenvalue weighted by atomic mass is 16.7. The SMILES string of the molecule is CC1(C)OB(c2cnc(N[C@H]3CC[C@H](Oc4ncccc4C(N)=O)CC3)nc2)OC1(C)C. The van der Waals surface area contributed by atoms with E-state index in [2.05, 4.69) is 20.3 Å². The lowest BCUT2D eigenvalue weighted by molar-refractivity contribution is 0.00578. The van der Waals surface area contributed by atoms with Crippen molar-refractivity contribution in [3.63, 3.8) is 0 Å². The maximum Gasteiger partial charge on any atom is 0.498 e. The van der Waals surface area contributed by atoms with E-state index in [1.165, 1.54) is 0 Å². The van der Waals surface area contributed by atoms with E-state index in [-0.39, 0.29) is 12.1 Å². The summed E-state index contributed by atoms with van der Waals surface area (Å²) in [6.45, 7) is 8.08. The molecule has 0 atom stereocenters. The number of nitrogens with two attached hydrogens (primary N) is 1. The van der Waals surface area contributed by atoms with Gasteiger partial charge in [0.15, 0.2) is 0 Å². The Hall–Kier alpha value is -2.72. The zero-order valence-electron chi connectivity index (χ0n) is 19.0. The van der Waals surface area contributed by atoms with Gasteiger partial charge in [-0.3, -0.25) is 4.79 Å². The first kappa shape index (κ1) is 22.5. The average Bonchev–Trinajstić information content (AvgIpc) is 2.97. The Kier molecular flexibility index (Phi) is 6.09. The van der Waals surface area contributed by atoms with E-state index in [1.54, 1.807) is 30.7 Å². The number of carbonyl (C=O) groups is 1. The topological polar surface area (TPSA) is 121 Å². The number of hydrogen-bond acceptors (Lipinski definition) is 8. The standard InChI is InChI=1S/C22H30BN5O4/c1-21(2)22(3,4)32-23(31-21)14-12-26-20(27-13-14)28-15-7-9-16(10-8-15)30-19-17(18(24)29)6-5-11-25-19/h5-6,11-13,15-16H,7-10H2,1-4H3,(H2,24,29)(H,26,27,28)/t15-,16-. The molecule has 1 aliphatic carbocycles. The summed E-state index contributed by atoms with van der Waals surface area (Å²) in [7, 11) is -0.474. The Bertz CT molecular complexity index is 945. The van der Waals surface area contributed by atoms with Crippen LogP contribution in [0.5, 0.6) is 5.88 Å². The minimum Gasteiger partial charge on any atom is -0.474 e. The molecule has 9 nitrogen and oxygen atoms in total. The van der Waals surface area contributed by atoms with Gasteiger partial charge in [0.1, 0.15) is 11.7 Å². The van der Waals surface area contributed by atoms with E-state index in [0.717, 1.165) is 31.1 Å². The predicted molar refractivity (Wildman–Crippen MR) is 121 cm³/mol. The molecule has 3 N–H and O–H groups in total. The molecule has 0 aromatic carbocycles. The average molecular weight is 439 g/mol. The molecule has 4 rings (SSSR count). The van der Waals surface area contributed by atoms with Crippen LogP contribution in [0, 0.1) is 0 Å². The summed E-state index contributed by atoms with van der Waals surface area (Å²) in [5.41, 5.74) is 5.71. The molecule has 0 radical (unpaired) electrons. The lowest BCUT2D eigenvalue weighted by Crippen LogP contribution is -2.41. The van der Waals surface area contributed by atoms with Crippen molar-refractivity contribution >= 4 is 24.4 Å². The van der Waals surface area contributed by atoms with Gasteiger partial charge in [0.2, 0.25) is 11.8 Å². The Morgan fingerprint density at radius 2 is 1.72 bits per heavy atom. The van der Waals surface area contributed by atoms with Crippen molar-refractivity contribution < 1.29 is 18.8 Å². The molecule has 2 fully saturated rings. The molecule has 32 heavy (non-hydrogen) atoms. The highest BCUT2D eigenvalue weighted by molar-refractivity contribution is 6.61. The first-order valence-electron chi connectivity index (χ1n) is 11.0. The van der Waals surface area contributed by atoms with E-state index in [9.17, 15) is 4.79 Å². The maximum absolute atomic E-state index is 11.6. The molecule has 0 bridgehead atoms. The van der Waals surface area contributed by atoms with Crippen LogP contribution >= 0.6 is 0 Å². The van der Waals surface area contributed by atoms with Gasteiger partial charge in [0, 0.05) is 30.1 Å². The number of carbonyl (C=O) groups excluding carboxylic acids is 1. The van der Waals surface area contributed by atoms with E-state index >= 15 is 0 Å². The molecular formula is C22H30BN5O4. The van der Waals surface area contributed by atoms with Gasteiger partial charge in [-0.15, -0.1) is 0 Å². The van der Waals surface area contributed by atoms with E-state index in [0.29, 0.717) is 17.4 Å². The van der Waals surface area contributed by atoms with Crippen LogP contribution in [0.15, 0.2) is 30.7 Å². The molecule has 1 saturated heterocycles. The lowest BCUT2D eigenvalue weighted by Gasteiger charge is -2.32. The molecule has 2 aliphatic rings. The smallest absolute Gasteiger partial charge is 0.474 e. The second kappa shape index (κ2) is 8.67. The summed E-state index contributed by atoms with van der Waals surface area (Å²) in [5.74, 6) is 0.345. The number of pyridine rings is 1. The number of nitrogens with zero attached hydrogens (tertiary/aromatic N) is 3. The van der Waals surface area contributed by atoms with Crippen molar-refractivity contribution in [3.05, 3.63) is 36.3 Å². The molecule has 2 aromatic heterocycles. The van der Waals surface area contributed by atoms with Crippen molar-refractivity contribution in [3.8, 4) is 5.88 Å². The number of aromatic nitrogens is 3. The van der Waals surface area contributed by atoms with Crippen LogP contribution in [-0.2, 0) is 9.31 Å². The lowest BCUT2D eigenvalue weighted by atomic mass is 9.81. The fraction of sp³-hybridized carbons (Fsp3) is 0.545. The fourth-order valence-electron chi connectivity index (χ4n) is 3.85. The van der Waals surface area contributed by atoms with E-state index in [1.807, 2.05) is 27.7 Å². The zero-order chi connectivity index (χ0) is 22.9. The number of anilines is 1. The van der Waals surface area contributed by atoms with Crippen molar-refractivity contribution in [1.82, 2.24) is 15.0 Å². The number of hydrogen-bond donors (Lipinski definition) is 2. The fourth-order valence-corrected chi connectivity index (χ4v) is 3.85. The van der Waals surface area contributed by atoms with Gasteiger partial charge in [0.25, 0.3) is 5.91 Å². The Morgan fingerprint density at radius 3 is 2.31 bits per heavy atom. The van der Waals surface area contributed by atoms with E-state index in [4.69, 9.17) is 19.8 Å². The van der Waals surface area contributed by atoms with Crippen LogP contribution in [0.3, 0.4) is 0 Å². The van der Waals surface area contributed by atoms with Crippen LogP contribution < -0.4 is 21.3 Å². The third-order valence-corrected chi connectivity index (χ3v) is 6.52. The second-order valence-corrected chi connectivity index (χ2v) is 9.38. The van der Waals surface area contributed by atoms with Gasteiger partial charge in [-0.1, -0.05) is 0 Å². The van der Waals surface area contributed by atoms with Gasteiger partial charge in [-0.25, -0.2) is 15.0 Å². The number of nitrogens with one attached hydrogen (secondary N) is 1. The predicted octanol–water partition coefficient (Wildman–Crippen LogP) is 2.07. The van der Waals surface area contributed by atoms with Crippen molar-refractivity contribution in [2.75, 3.05) is 5.32 Å². The Labute approximate surface area is 188 Å². The van der Waals surface area contributed by atoms with Gasteiger partial charge < -0.3 is 25.1 Å². The Balaban J connectivity index is 1.29. The summed E-state index contributed by atoms with van der Waals surface area (Å²) in [6, 6.07) is 3.55. The van der Waals surface area contributed by atoms with Gasteiger partial charge in [-0.05, 0) is 65.5 Å². The van der Waals surface area contributed by atoms with Crippen molar-refractivity contribution in [2.24, 2.45) is 5.73 Å². The molecule has 1 amide bonds. The molecule has 2 aromatic rings. The monoisotopic (exact) mass is 439 g/mol. The Morgan fingerprint density at radius 1 is 1.09 bits per heavy atom. The highest BCUT2D eigenvalue weighted by Crippen LogP contribution is 2.36. The van der Waals surface area contributed by atoms with Crippen molar-refractivity contribution in [1.29, 1.82) is 0 Å². The first-order chi connectivity index (χ1) is 15.1. The number of rotatable bonds is 6. The molecule has 1 saturated carbocycles. The minimum atomic E-state index is -0.537. The summed E-state index contributed by atoms with van der Waals surface area (Å²) >= 11 is 0. The molecular weight excluding hydrogens is 409 g/mol. The third kappa shape index (κ3) is 4.71. The number of ether oxygens (including phenoxy) is 1. The first-order valence-corrected chi connectivity index (χ1v) is 11.0. The summed E-state index contributed by atoms with van der Waals surface area (Å²) in [6.07, 6.45) is 8.54. The van der Waals surface area contributed by atoms with Crippen LogP contribution in [0.4, 0.5) is 5.95 Å². The molecule has 0 spiro atoms. The molecule has 10 heteroatoms. The number of amides is 1. The highest BCUT2D eigenvalue weighted by Gasteiger charge is 2.52. The summed E-state index contributed by atoms with van der Waals surface area (Å²) in [4.78, 5) is 24.6. The molecule has 3 heterocycles. The summed E-state index contributed by atoms with van der Waals surface area (Å²) < 4.78 is 18.1. The van der Waals surface area contributed by atoms with Crippen LogP contribution in [0.2, 0.25) is 0 Å². The van der Waals surface area contributed by atoms with Gasteiger partial charge >= 0.3 is 7.12 Å². The van der Waals surface area contributed by atoms with Crippen LogP contribution in [0.1, 0.15) is 63.7 Å². The maximum atomic E-state index is 11.6. The second-order valence-electron chi connectivity index (χ2n) is 9.38. The number of primary amides is 1. The molecule has 170 valence electrons. The zero-order valence-corrected chi connectivity index (χ0v) is 19.0. The van der Waals surface area contributed by atoms with Crippen LogP contribution in [0.25, 0.3) is 0 Å². The molecule has 0 unspecified atom stereocenters. The summed E-state index contributed by atoms with van der Waals surface area (Å²) in [5, 5.41) is 3.40. The third-order valence-electron chi connectivity index (χ3n) is 6.52. The normalized spacial score (nSPS) is 24.2. The van der Waals surface area contributed by atoms with Gasteiger partial charge in [0.05, 0.1) is 11.2 Å². The minimum absolute atomic E-state index is 0.00674. The largest absolute Gasteiger partial charge is 0.498 e.